The van der Waals surface area contributed by atoms with Gasteiger partial charge in [0.1, 0.15) is 5.82 Å². The number of hydrogen-bond acceptors (Lipinski definition) is 4. The summed E-state index contributed by atoms with van der Waals surface area (Å²) in [6.07, 6.45) is 1.37. The van der Waals surface area contributed by atoms with Crippen molar-refractivity contribution in [3.05, 3.63) is 77.7 Å². The average molecular weight is 386 g/mol. The molecule has 0 fully saturated rings. The van der Waals surface area contributed by atoms with Gasteiger partial charge in [0.15, 0.2) is 17.5 Å². The minimum atomic E-state index is -1.69. The van der Waals surface area contributed by atoms with Crippen molar-refractivity contribution in [3.63, 3.8) is 0 Å². The third kappa shape index (κ3) is 4.22. The Bertz CT molecular complexity index is 990. The normalized spacial score (nSPS) is 10.5. The van der Waals surface area contributed by atoms with Gasteiger partial charge in [-0.3, -0.25) is 4.79 Å². The highest BCUT2D eigenvalue weighted by Gasteiger charge is 2.18. The summed E-state index contributed by atoms with van der Waals surface area (Å²) >= 11 is 0. The van der Waals surface area contributed by atoms with Crippen LogP contribution in [-0.2, 0) is 0 Å². The number of hydrogen-bond donors (Lipinski definition) is 2. The highest BCUT2D eigenvalue weighted by atomic mass is 19.2. The van der Waals surface area contributed by atoms with Crippen molar-refractivity contribution in [3.8, 4) is 0 Å². The first-order valence-electron chi connectivity index (χ1n) is 8.30. The van der Waals surface area contributed by atoms with E-state index in [1.807, 2.05) is 43.3 Å². The molecule has 5 nitrogen and oxygen atoms in total. The molecule has 0 bridgehead atoms. The summed E-state index contributed by atoms with van der Waals surface area (Å²) in [7, 11) is 3.90. The second kappa shape index (κ2) is 7.99. The van der Waals surface area contributed by atoms with E-state index in [1.54, 1.807) is 12.1 Å². The van der Waals surface area contributed by atoms with Crippen LogP contribution in [0, 0.1) is 17.5 Å². The number of halogens is 3. The van der Waals surface area contributed by atoms with Crippen LogP contribution in [-0.4, -0.2) is 25.0 Å². The van der Waals surface area contributed by atoms with Crippen molar-refractivity contribution in [1.29, 1.82) is 0 Å². The Morgan fingerprint density at radius 2 is 1.57 bits per heavy atom. The van der Waals surface area contributed by atoms with E-state index >= 15 is 0 Å². The molecule has 1 heterocycles. The fourth-order valence-electron chi connectivity index (χ4n) is 2.43. The van der Waals surface area contributed by atoms with Crippen molar-refractivity contribution in [2.45, 2.75) is 0 Å². The van der Waals surface area contributed by atoms with E-state index in [2.05, 4.69) is 15.6 Å². The Labute approximate surface area is 159 Å². The third-order valence-corrected chi connectivity index (χ3v) is 3.96. The van der Waals surface area contributed by atoms with Gasteiger partial charge in [-0.25, -0.2) is 18.2 Å². The van der Waals surface area contributed by atoms with E-state index in [1.165, 1.54) is 6.20 Å². The van der Waals surface area contributed by atoms with Gasteiger partial charge < -0.3 is 15.5 Å². The first-order chi connectivity index (χ1) is 13.3. The maximum Gasteiger partial charge on any atom is 0.258 e. The molecule has 0 spiro atoms. The van der Waals surface area contributed by atoms with Gasteiger partial charge in [-0.1, -0.05) is 0 Å². The molecule has 8 heteroatoms. The van der Waals surface area contributed by atoms with Crippen molar-refractivity contribution in [2.75, 3.05) is 29.6 Å². The number of pyridine rings is 1. The van der Waals surface area contributed by atoms with Gasteiger partial charge in [-0.15, -0.1) is 0 Å². The molecule has 0 saturated carbocycles. The van der Waals surface area contributed by atoms with E-state index in [0.29, 0.717) is 11.9 Å². The first kappa shape index (κ1) is 19.2. The molecule has 0 aliphatic heterocycles. The third-order valence-electron chi connectivity index (χ3n) is 3.96. The minimum absolute atomic E-state index is 0.280. The molecule has 0 atom stereocenters. The number of benzene rings is 2. The molecule has 0 radical (unpaired) electrons. The predicted octanol–water partition coefficient (Wildman–Crippen LogP) is 4.56. The first-order valence-corrected chi connectivity index (χ1v) is 8.30. The van der Waals surface area contributed by atoms with Crippen molar-refractivity contribution in [2.24, 2.45) is 0 Å². The Morgan fingerprint density at radius 3 is 2.18 bits per heavy atom. The molecule has 0 unspecified atom stereocenters. The average Bonchev–Trinajstić information content (AvgIpc) is 2.68. The van der Waals surface area contributed by atoms with E-state index in [9.17, 15) is 18.0 Å². The summed E-state index contributed by atoms with van der Waals surface area (Å²) in [5.74, 6) is -4.95. The van der Waals surface area contributed by atoms with Crippen LogP contribution in [0.4, 0.5) is 36.1 Å². The van der Waals surface area contributed by atoms with Gasteiger partial charge in [0.25, 0.3) is 5.91 Å². The Kier molecular flexibility index (Phi) is 5.49. The molecule has 28 heavy (non-hydrogen) atoms. The van der Waals surface area contributed by atoms with Crippen LogP contribution in [0.1, 0.15) is 10.4 Å². The van der Waals surface area contributed by atoms with E-state index in [0.717, 1.165) is 17.4 Å². The molecule has 2 aromatic carbocycles. The number of carbonyl (C=O) groups is 1. The SMILES string of the molecule is CN(C)c1ccc(Nc2ccc(NC(=O)c3ccc(F)c(F)c3F)cn2)cc1. The molecular weight excluding hydrogens is 369 g/mol. The van der Waals surface area contributed by atoms with E-state index in [-0.39, 0.29) is 5.69 Å². The number of anilines is 4. The lowest BCUT2D eigenvalue weighted by atomic mass is 10.2. The summed E-state index contributed by atoms with van der Waals surface area (Å²) in [6.45, 7) is 0. The van der Waals surface area contributed by atoms with Crippen molar-refractivity contribution in [1.82, 2.24) is 4.98 Å². The van der Waals surface area contributed by atoms with E-state index < -0.39 is 28.9 Å². The minimum Gasteiger partial charge on any atom is -0.378 e. The predicted molar refractivity (Wildman–Crippen MR) is 103 cm³/mol. The molecule has 3 rings (SSSR count). The maximum atomic E-state index is 13.7. The summed E-state index contributed by atoms with van der Waals surface area (Å²) in [5, 5.41) is 5.50. The van der Waals surface area contributed by atoms with Crippen LogP contribution >= 0.6 is 0 Å². The fraction of sp³-hybridized carbons (Fsp3) is 0.100. The highest BCUT2D eigenvalue weighted by molar-refractivity contribution is 6.04. The number of nitrogens with one attached hydrogen (secondary N) is 2. The fourth-order valence-corrected chi connectivity index (χ4v) is 2.43. The molecule has 1 amide bonds. The van der Waals surface area contributed by atoms with Crippen LogP contribution < -0.4 is 15.5 Å². The van der Waals surface area contributed by atoms with Gasteiger partial charge in [-0.05, 0) is 48.5 Å². The molecular formula is C20H17F3N4O. The number of aromatic nitrogens is 1. The van der Waals surface area contributed by atoms with Crippen LogP contribution in [0.5, 0.6) is 0 Å². The van der Waals surface area contributed by atoms with Crippen molar-refractivity contribution < 1.29 is 18.0 Å². The molecule has 0 aliphatic rings. The summed E-state index contributed by atoms with van der Waals surface area (Å²) in [5.41, 5.74) is 1.57. The molecule has 2 N–H and O–H groups in total. The monoisotopic (exact) mass is 386 g/mol. The van der Waals surface area contributed by atoms with Gasteiger partial charge in [0.2, 0.25) is 0 Å². The Balaban J connectivity index is 1.67. The second-order valence-electron chi connectivity index (χ2n) is 6.18. The molecule has 0 saturated heterocycles. The van der Waals surface area contributed by atoms with Crippen LogP contribution in [0.15, 0.2) is 54.7 Å². The maximum absolute atomic E-state index is 13.7. The standard InChI is InChI=1S/C20H17F3N4O/c1-27(2)14-6-3-12(4-7-14)25-17-10-5-13(11-24-17)26-20(28)15-8-9-16(21)19(23)18(15)22/h3-11H,1-2H3,(H,24,25)(H,26,28). The lowest BCUT2D eigenvalue weighted by molar-refractivity contribution is 0.102. The number of amides is 1. The van der Waals surface area contributed by atoms with Crippen LogP contribution in [0.2, 0.25) is 0 Å². The van der Waals surface area contributed by atoms with Gasteiger partial charge in [0.05, 0.1) is 17.4 Å². The second-order valence-corrected chi connectivity index (χ2v) is 6.18. The highest BCUT2D eigenvalue weighted by Crippen LogP contribution is 2.21. The Hall–Kier alpha value is -3.55. The zero-order chi connectivity index (χ0) is 20.3. The summed E-state index contributed by atoms with van der Waals surface area (Å²) < 4.78 is 39.9. The zero-order valence-corrected chi connectivity index (χ0v) is 15.1. The van der Waals surface area contributed by atoms with Gasteiger partial charge in [0, 0.05) is 25.5 Å². The number of rotatable bonds is 5. The quantitative estimate of drug-likeness (QED) is 0.631. The topological polar surface area (TPSA) is 57.3 Å². The largest absolute Gasteiger partial charge is 0.378 e. The molecule has 0 aliphatic carbocycles. The molecule has 3 aromatic rings. The summed E-state index contributed by atoms with van der Waals surface area (Å²) in [6, 6.07) is 12.5. The zero-order valence-electron chi connectivity index (χ0n) is 15.1. The number of nitrogens with zero attached hydrogens (tertiary/aromatic N) is 2. The van der Waals surface area contributed by atoms with Crippen molar-refractivity contribution >= 4 is 28.8 Å². The number of carbonyl (C=O) groups excluding carboxylic acids is 1. The van der Waals surface area contributed by atoms with Gasteiger partial charge in [-0.2, -0.15) is 0 Å². The molecule has 1 aromatic heterocycles. The van der Waals surface area contributed by atoms with Crippen LogP contribution in [0.25, 0.3) is 0 Å². The lowest BCUT2D eigenvalue weighted by Crippen LogP contribution is -2.15. The van der Waals surface area contributed by atoms with E-state index in [4.69, 9.17) is 0 Å². The summed E-state index contributed by atoms with van der Waals surface area (Å²) in [4.78, 5) is 18.2. The van der Waals surface area contributed by atoms with Crippen LogP contribution in [0.3, 0.4) is 0 Å². The lowest BCUT2D eigenvalue weighted by Gasteiger charge is -2.13. The van der Waals surface area contributed by atoms with Gasteiger partial charge >= 0.3 is 0 Å². The smallest absolute Gasteiger partial charge is 0.258 e. The molecule has 144 valence electrons. The Morgan fingerprint density at radius 1 is 0.893 bits per heavy atom.